The van der Waals surface area contributed by atoms with Crippen LogP contribution in [0, 0.1) is 0 Å². The number of aromatic nitrogens is 1. The maximum absolute atomic E-state index is 12.0. The van der Waals surface area contributed by atoms with Crippen molar-refractivity contribution in [2.24, 2.45) is 7.05 Å². The number of hydrogen-bond donors (Lipinski definition) is 2. The van der Waals surface area contributed by atoms with E-state index in [1.165, 1.54) is 6.07 Å². The Balaban J connectivity index is 2.79. The van der Waals surface area contributed by atoms with Crippen LogP contribution in [-0.4, -0.2) is 27.4 Å². The quantitative estimate of drug-likeness (QED) is 0.848. The fourth-order valence-corrected chi connectivity index (χ4v) is 2.45. The third-order valence-corrected chi connectivity index (χ3v) is 3.65. The second-order valence-corrected chi connectivity index (χ2v) is 4.93. The van der Waals surface area contributed by atoms with Gasteiger partial charge in [-0.15, -0.1) is 0 Å². The molecule has 1 heterocycles. The molecule has 19 heavy (non-hydrogen) atoms. The van der Waals surface area contributed by atoms with Crippen LogP contribution in [0.5, 0.6) is 5.75 Å². The fraction of sp³-hybridized carbons (Fsp3) is 0.308. The third kappa shape index (κ3) is 2.21. The van der Waals surface area contributed by atoms with Crippen LogP contribution < -0.4 is 0 Å². The molecule has 2 aromatic rings. The third-order valence-electron chi connectivity index (χ3n) is 3.02. The van der Waals surface area contributed by atoms with E-state index in [-0.39, 0.29) is 19.0 Å². The molecule has 0 atom stereocenters. The van der Waals surface area contributed by atoms with Crippen molar-refractivity contribution in [3.05, 3.63) is 27.9 Å². The maximum atomic E-state index is 12.0. The summed E-state index contributed by atoms with van der Waals surface area (Å²) < 4.78 is 7.25. The molecule has 6 heteroatoms. The molecule has 2 rings (SSSR count). The Morgan fingerprint density at radius 2 is 2.16 bits per heavy atom. The van der Waals surface area contributed by atoms with Crippen LogP contribution in [0.4, 0.5) is 0 Å². The highest BCUT2D eigenvalue weighted by Gasteiger charge is 2.22. The summed E-state index contributed by atoms with van der Waals surface area (Å²) in [5, 5.41) is 19.8. The normalized spacial score (nSPS) is 10.9. The fourth-order valence-electron chi connectivity index (χ4n) is 2.11. The lowest BCUT2D eigenvalue weighted by Gasteiger charge is -2.04. The summed E-state index contributed by atoms with van der Waals surface area (Å²) in [4.78, 5) is 12.0. The number of phenolic OH excluding ortho intramolecular Hbond substituents is 1. The van der Waals surface area contributed by atoms with Gasteiger partial charge in [0.2, 0.25) is 0 Å². The molecule has 1 aromatic carbocycles. The highest BCUT2D eigenvalue weighted by atomic mass is 79.9. The minimum absolute atomic E-state index is 0.0353. The summed E-state index contributed by atoms with van der Waals surface area (Å²) >= 11 is 3.23. The van der Waals surface area contributed by atoms with Crippen LogP contribution >= 0.6 is 15.9 Å². The van der Waals surface area contributed by atoms with Gasteiger partial charge in [0.1, 0.15) is 5.75 Å². The monoisotopic (exact) mass is 327 g/mol. The van der Waals surface area contributed by atoms with Gasteiger partial charge in [0, 0.05) is 12.4 Å². The van der Waals surface area contributed by atoms with E-state index >= 15 is 0 Å². The molecule has 0 saturated heterocycles. The molecule has 0 aliphatic heterocycles. The maximum Gasteiger partial charge on any atom is 0.340 e. The van der Waals surface area contributed by atoms with Gasteiger partial charge in [0.15, 0.2) is 0 Å². The van der Waals surface area contributed by atoms with E-state index in [1.807, 2.05) is 0 Å². The van der Waals surface area contributed by atoms with Gasteiger partial charge < -0.3 is 19.5 Å². The highest BCUT2D eigenvalue weighted by Crippen LogP contribution is 2.34. The van der Waals surface area contributed by atoms with Crippen molar-refractivity contribution in [1.29, 1.82) is 0 Å². The molecular weight excluding hydrogens is 314 g/mol. The Bertz CT molecular complexity index is 648. The Morgan fingerprint density at radius 1 is 1.47 bits per heavy atom. The number of phenols is 1. The standard InChI is InChI=1S/C13H14BrNO4/c1-3-19-13(18)12-7-4-11(17)8(14)5-9(7)15(2)10(12)6-16/h4-5,16-17H,3,6H2,1-2H3. The van der Waals surface area contributed by atoms with Crippen molar-refractivity contribution in [3.63, 3.8) is 0 Å². The van der Waals surface area contributed by atoms with Crippen LogP contribution in [0.3, 0.4) is 0 Å². The van der Waals surface area contributed by atoms with Crippen molar-refractivity contribution in [1.82, 2.24) is 4.57 Å². The summed E-state index contributed by atoms with van der Waals surface area (Å²) in [5.74, 6) is -0.466. The number of carbonyl (C=O) groups excluding carboxylic acids is 1. The number of aromatic hydroxyl groups is 1. The van der Waals surface area contributed by atoms with E-state index in [0.29, 0.717) is 21.1 Å². The number of nitrogens with zero attached hydrogens (tertiary/aromatic N) is 1. The molecule has 0 radical (unpaired) electrons. The number of aryl methyl sites for hydroxylation is 1. The average Bonchev–Trinajstić information content (AvgIpc) is 2.63. The van der Waals surface area contributed by atoms with E-state index in [0.717, 1.165) is 5.52 Å². The average molecular weight is 328 g/mol. The summed E-state index contributed by atoms with van der Waals surface area (Å²) in [6.07, 6.45) is 0. The molecule has 102 valence electrons. The molecule has 0 aliphatic carbocycles. The Kier molecular flexibility index (Phi) is 3.82. The molecule has 0 fully saturated rings. The molecule has 0 aliphatic rings. The number of hydrogen-bond acceptors (Lipinski definition) is 4. The van der Waals surface area contributed by atoms with E-state index < -0.39 is 5.97 Å². The van der Waals surface area contributed by atoms with Gasteiger partial charge in [0.05, 0.1) is 34.5 Å². The van der Waals surface area contributed by atoms with E-state index in [2.05, 4.69) is 15.9 Å². The first kappa shape index (κ1) is 13.9. The number of aliphatic hydroxyl groups excluding tert-OH is 1. The van der Waals surface area contributed by atoms with Crippen LogP contribution in [0.15, 0.2) is 16.6 Å². The van der Waals surface area contributed by atoms with Crippen LogP contribution in [0.2, 0.25) is 0 Å². The Morgan fingerprint density at radius 3 is 2.74 bits per heavy atom. The molecular formula is C13H14BrNO4. The lowest BCUT2D eigenvalue weighted by Crippen LogP contribution is -2.08. The number of benzene rings is 1. The SMILES string of the molecule is CCOC(=O)c1c(CO)n(C)c2cc(Br)c(O)cc12. The van der Waals surface area contributed by atoms with Gasteiger partial charge in [-0.3, -0.25) is 0 Å². The van der Waals surface area contributed by atoms with Gasteiger partial charge in [-0.05, 0) is 35.0 Å². The number of rotatable bonds is 3. The Hall–Kier alpha value is -1.53. The van der Waals surface area contributed by atoms with Gasteiger partial charge in [-0.1, -0.05) is 0 Å². The molecule has 0 amide bonds. The first-order chi connectivity index (χ1) is 9.01. The predicted molar refractivity (Wildman–Crippen MR) is 74.2 cm³/mol. The number of carbonyl (C=O) groups is 1. The van der Waals surface area contributed by atoms with Crippen LogP contribution in [0.25, 0.3) is 10.9 Å². The van der Waals surface area contributed by atoms with Crippen LogP contribution in [-0.2, 0) is 18.4 Å². The number of halogens is 1. The molecule has 0 spiro atoms. The smallest absolute Gasteiger partial charge is 0.340 e. The van der Waals surface area contributed by atoms with E-state index in [4.69, 9.17) is 4.74 Å². The first-order valence-electron chi connectivity index (χ1n) is 5.79. The number of aliphatic hydroxyl groups is 1. The van der Waals surface area contributed by atoms with Crippen molar-refractivity contribution in [2.45, 2.75) is 13.5 Å². The summed E-state index contributed by atoms with van der Waals surface area (Å²) in [7, 11) is 1.75. The number of ether oxygens (including phenoxy) is 1. The van der Waals surface area contributed by atoms with Crippen molar-refractivity contribution < 1.29 is 19.7 Å². The van der Waals surface area contributed by atoms with E-state index in [1.54, 1.807) is 24.6 Å². The lowest BCUT2D eigenvalue weighted by atomic mass is 10.1. The summed E-state index contributed by atoms with van der Waals surface area (Å²) in [6.45, 7) is 1.69. The lowest BCUT2D eigenvalue weighted by molar-refractivity contribution is 0.0524. The first-order valence-corrected chi connectivity index (χ1v) is 6.58. The van der Waals surface area contributed by atoms with E-state index in [9.17, 15) is 15.0 Å². The molecule has 0 unspecified atom stereocenters. The zero-order valence-electron chi connectivity index (χ0n) is 10.6. The Labute approximate surface area is 118 Å². The zero-order valence-corrected chi connectivity index (χ0v) is 12.2. The predicted octanol–water partition coefficient (Wildman–Crippen LogP) is 2.32. The molecule has 2 N–H and O–H groups in total. The van der Waals surface area contributed by atoms with Gasteiger partial charge in [0.25, 0.3) is 0 Å². The molecule has 5 nitrogen and oxygen atoms in total. The van der Waals surface area contributed by atoms with Gasteiger partial charge in [-0.25, -0.2) is 4.79 Å². The molecule has 0 bridgehead atoms. The van der Waals surface area contributed by atoms with Crippen molar-refractivity contribution in [3.8, 4) is 5.75 Å². The second kappa shape index (κ2) is 5.22. The minimum atomic E-state index is -0.501. The van der Waals surface area contributed by atoms with Gasteiger partial charge >= 0.3 is 5.97 Å². The molecule has 1 aromatic heterocycles. The zero-order chi connectivity index (χ0) is 14.2. The van der Waals surface area contributed by atoms with Crippen LogP contribution in [0.1, 0.15) is 23.0 Å². The minimum Gasteiger partial charge on any atom is -0.507 e. The number of fused-ring (bicyclic) bond motifs is 1. The van der Waals surface area contributed by atoms with Crippen molar-refractivity contribution >= 4 is 32.8 Å². The largest absolute Gasteiger partial charge is 0.507 e. The molecule has 0 saturated carbocycles. The van der Waals surface area contributed by atoms with Gasteiger partial charge in [-0.2, -0.15) is 0 Å². The second-order valence-electron chi connectivity index (χ2n) is 4.08. The van der Waals surface area contributed by atoms with Crippen molar-refractivity contribution in [2.75, 3.05) is 6.61 Å². The topological polar surface area (TPSA) is 71.7 Å². The summed E-state index contributed by atoms with van der Waals surface area (Å²) in [5.41, 5.74) is 1.49. The summed E-state index contributed by atoms with van der Waals surface area (Å²) in [6, 6.07) is 3.19. The highest BCUT2D eigenvalue weighted by molar-refractivity contribution is 9.10. The number of esters is 1.